The molecule has 0 aliphatic carbocycles. The van der Waals surface area contributed by atoms with Crippen molar-refractivity contribution in [3.05, 3.63) is 71.8 Å². The highest BCUT2D eigenvalue weighted by Crippen LogP contribution is 2.11. The Morgan fingerprint density at radius 1 is 0.852 bits per heavy atom. The van der Waals surface area contributed by atoms with Crippen molar-refractivity contribution in [1.29, 1.82) is 0 Å². The van der Waals surface area contributed by atoms with Gasteiger partial charge in [-0.15, -0.1) is 0 Å². The summed E-state index contributed by atoms with van der Waals surface area (Å²) in [5.41, 5.74) is 2.67. The molecule has 0 bridgehead atoms. The van der Waals surface area contributed by atoms with Crippen LogP contribution in [-0.4, -0.2) is 65.2 Å². The number of carboxylic acid groups (broad SMARTS) is 1. The van der Waals surface area contributed by atoms with Crippen LogP contribution in [0.4, 0.5) is 4.79 Å². The minimum Gasteiger partial charge on any atom is -0.465 e. The Morgan fingerprint density at radius 2 is 1.37 bits per heavy atom. The first-order valence-electron chi connectivity index (χ1n) is 9.71. The fraction of sp³-hybridized carbons (Fsp3) is 0.409. The minimum atomic E-state index is -0.799. The first-order chi connectivity index (χ1) is 13.2. The van der Waals surface area contributed by atoms with E-state index in [0.717, 1.165) is 45.7 Å². The standard InChI is InChI=1S/C22H29N3O2/c26-22(27)25-16-14-23(15-17-25)12-7-13-24(18-20-8-3-1-4-9-20)19-21-10-5-2-6-11-21/h1-6,8-11H,7,12-19H2,(H,26,27). The van der Waals surface area contributed by atoms with E-state index in [-0.39, 0.29) is 0 Å². The van der Waals surface area contributed by atoms with E-state index >= 15 is 0 Å². The van der Waals surface area contributed by atoms with Crippen molar-refractivity contribution < 1.29 is 9.90 Å². The summed E-state index contributed by atoms with van der Waals surface area (Å²) in [5.74, 6) is 0. The molecule has 5 heteroatoms. The monoisotopic (exact) mass is 367 g/mol. The van der Waals surface area contributed by atoms with Crippen molar-refractivity contribution in [3.8, 4) is 0 Å². The maximum absolute atomic E-state index is 11.0. The predicted molar refractivity (Wildman–Crippen MR) is 108 cm³/mol. The maximum atomic E-state index is 11.0. The summed E-state index contributed by atoms with van der Waals surface area (Å²) in [6, 6.07) is 21.2. The quantitative estimate of drug-likeness (QED) is 0.777. The summed E-state index contributed by atoms with van der Waals surface area (Å²) in [6.45, 7) is 6.86. The van der Waals surface area contributed by atoms with Gasteiger partial charge in [0.25, 0.3) is 0 Å². The molecule has 0 saturated carbocycles. The molecule has 1 heterocycles. The Kier molecular flexibility index (Phi) is 7.25. The number of hydrogen-bond donors (Lipinski definition) is 1. The molecule has 1 fully saturated rings. The summed E-state index contributed by atoms with van der Waals surface area (Å²) >= 11 is 0. The van der Waals surface area contributed by atoms with Gasteiger partial charge < -0.3 is 10.0 Å². The molecule has 0 spiro atoms. The Bertz CT molecular complexity index is 644. The van der Waals surface area contributed by atoms with Gasteiger partial charge >= 0.3 is 6.09 Å². The Labute approximate surface area is 161 Å². The van der Waals surface area contributed by atoms with Gasteiger partial charge in [-0.2, -0.15) is 0 Å². The van der Waals surface area contributed by atoms with Gasteiger partial charge in [-0.1, -0.05) is 60.7 Å². The average molecular weight is 367 g/mol. The molecule has 0 unspecified atom stereocenters. The topological polar surface area (TPSA) is 47.0 Å². The van der Waals surface area contributed by atoms with E-state index in [2.05, 4.69) is 70.5 Å². The summed E-state index contributed by atoms with van der Waals surface area (Å²) in [5, 5.41) is 9.05. The van der Waals surface area contributed by atoms with Gasteiger partial charge in [-0.25, -0.2) is 4.79 Å². The fourth-order valence-corrected chi connectivity index (χ4v) is 3.58. The predicted octanol–water partition coefficient (Wildman–Crippen LogP) is 3.37. The molecule has 27 heavy (non-hydrogen) atoms. The van der Waals surface area contributed by atoms with Crippen LogP contribution in [0.3, 0.4) is 0 Å². The van der Waals surface area contributed by atoms with Gasteiger partial charge in [0.15, 0.2) is 0 Å². The summed E-state index contributed by atoms with van der Waals surface area (Å²) in [4.78, 5) is 17.4. The van der Waals surface area contributed by atoms with E-state index in [1.54, 1.807) is 0 Å². The second kappa shape index (κ2) is 10.1. The van der Waals surface area contributed by atoms with Crippen LogP contribution in [0, 0.1) is 0 Å². The molecule has 0 radical (unpaired) electrons. The zero-order valence-electron chi connectivity index (χ0n) is 15.8. The van der Waals surface area contributed by atoms with E-state index < -0.39 is 6.09 Å². The van der Waals surface area contributed by atoms with Crippen molar-refractivity contribution >= 4 is 6.09 Å². The van der Waals surface area contributed by atoms with Crippen LogP contribution in [0.25, 0.3) is 0 Å². The van der Waals surface area contributed by atoms with Gasteiger partial charge in [0, 0.05) is 45.8 Å². The minimum absolute atomic E-state index is 0.618. The van der Waals surface area contributed by atoms with Gasteiger partial charge in [0.2, 0.25) is 0 Å². The number of carbonyl (C=O) groups is 1. The highest BCUT2D eigenvalue weighted by Gasteiger charge is 2.20. The first-order valence-corrected chi connectivity index (χ1v) is 9.71. The van der Waals surface area contributed by atoms with Gasteiger partial charge in [-0.05, 0) is 24.1 Å². The molecule has 1 N–H and O–H groups in total. The smallest absolute Gasteiger partial charge is 0.407 e. The zero-order chi connectivity index (χ0) is 18.9. The average Bonchev–Trinajstić information content (AvgIpc) is 2.70. The summed E-state index contributed by atoms with van der Waals surface area (Å²) in [6.07, 6.45) is 0.291. The fourth-order valence-electron chi connectivity index (χ4n) is 3.58. The molecule has 5 nitrogen and oxygen atoms in total. The molecule has 1 aliphatic rings. The molecule has 2 aromatic rings. The Morgan fingerprint density at radius 3 is 1.85 bits per heavy atom. The summed E-state index contributed by atoms with van der Waals surface area (Å²) < 4.78 is 0. The van der Waals surface area contributed by atoms with E-state index in [4.69, 9.17) is 5.11 Å². The zero-order valence-corrected chi connectivity index (χ0v) is 15.8. The first kappa shape index (κ1) is 19.4. The molecular formula is C22H29N3O2. The molecular weight excluding hydrogens is 338 g/mol. The molecule has 1 saturated heterocycles. The molecule has 0 aromatic heterocycles. The second-order valence-electron chi connectivity index (χ2n) is 7.15. The highest BCUT2D eigenvalue weighted by atomic mass is 16.4. The lowest BCUT2D eigenvalue weighted by atomic mass is 10.1. The molecule has 3 rings (SSSR count). The lowest BCUT2D eigenvalue weighted by Crippen LogP contribution is -2.48. The lowest BCUT2D eigenvalue weighted by Gasteiger charge is -2.33. The largest absolute Gasteiger partial charge is 0.465 e. The molecule has 0 atom stereocenters. The van der Waals surface area contributed by atoms with Crippen molar-refractivity contribution in [2.24, 2.45) is 0 Å². The number of piperazine rings is 1. The molecule has 2 aromatic carbocycles. The number of amides is 1. The van der Waals surface area contributed by atoms with Crippen LogP contribution < -0.4 is 0 Å². The number of nitrogens with zero attached hydrogens (tertiary/aromatic N) is 3. The number of benzene rings is 2. The second-order valence-corrected chi connectivity index (χ2v) is 7.15. The van der Waals surface area contributed by atoms with Crippen molar-refractivity contribution in [1.82, 2.24) is 14.7 Å². The van der Waals surface area contributed by atoms with Crippen LogP contribution in [0.15, 0.2) is 60.7 Å². The maximum Gasteiger partial charge on any atom is 0.407 e. The normalized spacial score (nSPS) is 15.2. The van der Waals surface area contributed by atoms with Crippen LogP contribution in [-0.2, 0) is 13.1 Å². The third kappa shape index (κ3) is 6.38. The molecule has 144 valence electrons. The van der Waals surface area contributed by atoms with Gasteiger partial charge in [-0.3, -0.25) is 9.80 Å². The van der Waals surface area contributed by atoms with E-state index in [1.807, 2.05) is 0 Å². The van der Waals surface area contributed by atoms with Crippen molar-refractivity contribution in [2.45, 2.75) is 19.5 Å². The van der Waals surface area contributed by atoms with Crippen LogP contribution >= 0.6 is 0 Å². The van der Waals surface area contributed by atoms with Crippen molar-refractivity contribution in [3.63, 3.8) is 0 Å². The lowest BCUT2D eigenvalue weighted by molar-refractivity contribution is 0.103. The van der Waals surface area contributed by atoms with E-state index in [0.29, 0.717) is 13.1 Å². The Hall–Kier alpha value is -2.37. The third-order valence-electron chi connectivity index (χ3n) is 5.09. The van der Waals surface area contributed by atoms with E-state index in [1.165, 1.54) is 16.0 Å². The van der Waals surface area contributed by atoms with Gasteiger partial charge in [0.1, 0.15) is 0 Å². The number of rotatable bonds is 8. The molecule has 1 amide bonds. The SMILES string of the molecule is O=C(O)N1CCN(CCCN(Cc2ccccc2)Cc2ccccc2)CC1. The summed E-state index contributed by atoms with van der Waals surface area (Å²) in [7, 11) is 0. The highest BCUT2D eigenvalue weighted by molar-refractivity contribution is 5.65. The van der Waals surface area contributed by atoms with Crippen LogP contribution in [0.5, 0.6) is 0 Å². The Balaban J connectivity index is 1.50. The van der Waals surface area contributed by atoms with Crippen LogP contribution in [0.1, 0.15) is 17.5 Å². The third-order valence-corrected chi connectivity index (χ3v) is 5.09. The molecule has 1 aliphatic heterocycles. The van der Waals surface area contributed by atoms with E-state index in [9.17, 15) is 4.79 Å². The van der Waals surface area contributed by atoms with Crippen molar-refractivity contribution in [2.75, 3.05) is 39.3 Å². The van der Waals surface area contributed by atoms with Gasteiger partial charge in [0.05, 0.1) is 0 Å². The van der Waals surface area contributed by atoms with Crippen LogP contribution in [0.2, 0.25) is 0 Å². The number of hydrogen-bond acceptors (Lipinski definition) is 3.